The molecule has 0 atom stereocenters. The van der Waals surface area contributed by atoms with Crippen LogP contribution >= 0.6 is 0 Å². The van der Waals surface area contributed by atoms with Crippen LogP contribution in [0.25, 0.3) is 22.5 Å². The number of rotatable bonds is 2. The summed E-state index contributed by atoms with van der Waals surface area (Å²) in [6.45, 7) is 0.212. The zero-order valence-electron chi connectivity index (χ0n) is 17.8. The molecule has 0 amide bonds. The largest absolute Gasteiger partial charge is 0.356 e. The summed E-state index contributed by atoms with van der Waals surface area (Å²) in [5.41, 5.74) is 12.6. The molecule has 2 aliphatic rings. The molecule has 0 saturated carbocycles. The fourth-order valence-electron chi connectivity index (χ4n) is 5.05. The SMILES string of the molecule is c1ccc(-c2ccc(-c3ccc4c(c3)Nc3cccc5c3B4c3ccccc3N5)cn2)nc1. The van der Waals surface area contributed by atoms with Crippen LogP contribution in [0, 0.1) is 0 Å². The smallest absolute Gasteiger partial charge is 0.252 e. The molecule has 0 radical (unpaired) electrons. The third-order valence-corrected chi connectivity index (χ3v) is 6.59. The Hall–Kier alpha value is -4.38. The summed E-state index contributed by atoms with van der Waals surface area (Å²) >= 11 is 0. The van der Waals surface area contributed by atoms with Crippen LogP contribution in [0.15, 0.2) is 103 Å². The topological polar surface area (TPSA) is 49.8 Å². The molecule has 7 rings (SSSR count). The van der Waals surface area contributed by atoms with Crippen molar-refractivity contribution in [3.8, 4) is 22.5 Å². The van der Waals surface area contributed by atoms with Gasteiger partial charge in [-0.1, -0.05) is 48.5 Å². The van der Waals surface area contributed by atoms with Gasteiger partial charge in [-0.3, -0.25) is 9.97 Å². The zero-order valence-corrected chi connectivity index (χ0v) is 17.8. The molecule has 0 aliphatic carbocycles. The lowest BCUT2D eigenvalue weighted by atomic mass is 9.34. The number of pyridine rings is 2. The summed E-state index contributed by atoms with van der Waals surface area (Å²) in [5.74, 6) is 0. The van der Waals surface area contributed by atoms with Crippen LogP contribution in [0.1, 0.15) is 0 Å². The van der Waals surface area contributed by atoms with Crippen LogP contribution in [-0.2, 0) is 0 Å². The summed E-state index contributed by atoms with van der Waals surface area (Å²) < 4.78 is 0. The molecular weight excluding hydrogens is 403 g/mol. The van der Waals surface area contributed by atoms with Crippen molar-refractivity contribution >= 4 is 45.9 Å². The fraction of sp³-hybridized carbons (Fsp3) is 0. The van der Waals surface area contributed by atoms with Crippen LogP contribution in [0.5, 0.6) is 0 Å². The van der Waals surface area contributed by atoms with Crippen molar-refractivity contribution in [1.82, 2.24) is 9.97 Å². The highest BCUT2D eigenvalue weighted by atomic mass is 14.9. The second-order valence-corrected chi connectivity index (χ2v) is 8.49. The number of nitrogens with one attached hydrogen (secondary N) is 2. The first kappa shape index (κ1) is 18.2. The van der Waals surface area contributed by atoms with Crippen molar-refractivity contribution in [2.75, 3.05) is 10.6 Å². The van der Waals surface area contributed by atoms with Crippen LogP contribution < -0.4 is 27.0 Å². The van der Waals surface area contributed by atoms with Gasteiger partial charge < -0.3 is 10.6 Å². The Labute approximate surface area is 192 Å². The number of fused-ring (bicyclic) bond motifs is 4. The molecule has 0 spiro atoms. The standard InChI is InChI=1S/C28H19BN4/c1-2-7-22-20(6-1)29-21-13-11-18(16-27(21)33-26-10-5-9-25(32-22)28(26)29)19-12-14-24(31-17-19)23-8-3-4-15-30-23/h1-17,32-33H. The van der Waals surface area contributed by atoms with E-state index in [-0.39, 0.29) is 6.71 Å². The van der Waals surface area contributed by atoms with Gasteiger partial charge in [-0.2, -0.15) is 0 Å². The highest BCUT2D eigenvalue weighted by molar-refractivity contribution is 7.00. The van der Waals surface area contributed by atoms with Gasteiger partial charge in [-0.05, 0) is 64.4 Å². The molecule has 2 aliphatic heterocycles. The average molecular weight is 422 g/mol. The minimum atomic E-state index is 0.212. The van der Waals surface area contributed by atoms with Gasteiger partial charge in [0.25, 0.3) is 6.71 Å². The Morgan fingerprint density at radius 3 is 2.09 bits per heavy atom. The van der Waals surface area contributed by atoms with E-state index in [1.807, 2.05) is 30.5 Å². The molecular formula is C28H19BN4. The number of para-hydroxylation sites is 1. The van der Waals surface area contributed by atoms with E-state index in [0.717, 1.165) is 33.9 Å². The molecule has 0 saturated heterocycles. The van der Waals surface area contributed by atoms with Gasteiger partial charge in [0.1, 0.15) is 0 Å². The van der Waals surface area contributed by atoms with Crippen molar-refractivity contribution in [2.45, 2.75) is 0 Å². The van der Waals surface area contributed by atoms with Gasteiger partial charge in [-0.15, -0.1) is 0 Å². The molecule has 0 unspecified atom stereocenters. The fourth-order valence-corrected chi connectivity index (χ4v) is 5.05. The Morgan fingerprint density at radius 2 is 1.27 bits per heavy atom. The molecule has 0 bridgehead atoms. The molecule has 2 N–H and O–H groups in total. The van der Waals surface area contributed by atoms with Gasteiger partial charge in [0.05, 0.1) is 11.4 Å². The zero-order chi connectivity index (χ0) is 21.8. The van der Waals surface area contributed by atoms with Crippen LogP contribution in [-0.4, -0.2) is 16.7 Å². The van der Waals surface area contributed by atoms with Gasteiger partial charge in [0.2, 0.25) is 0 Å². The first-order chi connectivity index (χ1) is 16.3. The number of nitrogens with zero attached hydrogens (tertiary/aromatic N) is 2. The highest BCUT2D eigenvalue weighted by Gasteiger charge is 2.37. The number of hydrogen-bond acceptors (Lipinski definition) is 4. The van der Waals surface area contributed by atoms with E-state index in [2.05, 4.69) is 87.3 Å². The summed E-state index contributed by atoms with van der Waals surface area (Å²) in [7, 11) is 0. The third kappa shape index (κ3) is 2.86. The molecule has 3 aromatic carbocycles. The lowest BCUT2D eigenvalue weighted by Crippen LogP contribution is -2.58. The van der Waals surface area contributed by atoms with Crippen molar-refractivity contribution in [1.29, 1.82) is 0 Å². The molecule has 2 aromatic heterocycles. The van der Waals surface area contributed by atoms with Crippen molar-refractivity contribution in [2.24, 2.45) is 0 Å². The normalized spacial score (nSPS) is 12.7. The number of benzene rings is 3. The van der Waals surface area contributed by atoms with Crippen molar-refractivity contribution in [3.05, 3.63) is 103 Å². The van der Waals surface area contributed by atoms with Gasteiger partial charge in [0, 0.05) is 40.7 Å². The minimum Gasteiger partial charge on any atom is -0.356 e. The Balaban J connectivity index is 1.32. The first-order valence-corrected chi connectivity index (χ1v) is 11.1. The number of aromatic nitrogens is 2. The molecule has 33 heavy (non-hydrogen) atoms. The number of anilines is 4. The second kappa shape index (κ2) is 7.07. The highest BCUT2D eigenvalue weighted by Crippen LogP contribution is 2.31. The summed E-state index contributed by atoms with van der Waals surface area (Å²) in [4.78, 5) is 9.07. The lowest BCUT2D eigenvalue weighted by Gasteiger charge is -2.34. The predicted molar refractivity (Wildman–Crippen MR) is 137 cm³/mol. The van der Waals surface area contributed by atoms with Crippen LogP contribution in [0.2, 0.25) is 0 Å². The van der Waals surface area contributed by atoms with Crippen LogP contribution in [0.3, 0.4) is 0 Å². The third-order valence-electron chi connectivity index (χ3n) is 6.59. The molecule has 4 nitrogen and oxygen atoms in total. The molecule has 5 heteroatoms. The summed E-state index contributed by atoms with van der Waals surface area (Å²) in [6.07, 6.45) is 3.72. The number of hydrogen-bond donors (Lipinski definition) is 2. The maximum absolute atomic E-state index is 4.66. The molecule has 5 aromatic rings. The Bertz CT molecular complexity index is 1510. The Kier molecular flexibility index (Phi) is 3.90. The second-order valence-electron chi connectivity index (χ2n) is 8.49. The lowest BCUT2D eigenvalue weighted by molar-refractivity contribution is 1.25. The van der Waals surface area contributed by atoms with Crippen molar-refractivity contribution < 1.29 is 0 Å². The quantitative estimate of drug-likeness (QED) is 0.405. The van der Waals surface area contributed by atoms with E-state index in [9.17, 15) is 0 Å². The van der Waals surface area contributed by atoms with E-state index in [0.29, 0.717) is 0 Å². The van der Waals surface area contributed by atoms with E-state index >= 15 is 0 Å². The summed E-state index contributed by atoms with van der Waals surface area (Å²) in [6, 6.07) is 31.8. The average Bonchev–Trinajstić information content (AvgIpc) is 2.89. The summed E-state index contributed by atoms with van der Waals surface area (Å²) in [5, 5.41) is 7.30. The maximum atomic E-state index is 4.66. The van der Waals surface area contributed by atoms with Crippen LogP contribution in [0.4, 0.5) is 22.7 Å². The first-order valence-electron chi connectivity index (χ1n) is 11.1. The van der Waals surface area contributed by atoms with Gasteiger partial charge in [-0.25, -0.2) is 0 Å². The molecule has 154 valence electrons. The van der Waals surface area contributed by atoms with Gasteiger partial charge >= 0.3 is 0 Å². The van der Waals surface area contributed by atoms with E-state index in [4.69, 9.17) is 0 Å². The van der Waals surface area contributed by atoms with E-state index < -0.39 is 0 Å². The van der Waals surface area contributed by atoms with Crippen molar-refractivity contribution in [3.63, 3.8) is 0 Å². The van der Waals surface area contributed by atoms with Gasteiger partial charge in [0.15, 0.2) is 0 Å². The monoisotopic (exact) mass is 422 g/mol. The Morgan fingerprint density at radius 1 is 0.545 bits per heavy atom. The maximum Gasteiger partial charge on any atom is 0.252 e. The van der Waals surface area contributed by atoms with E-state index in [1.54, 1.807) is 6.20 Å². The predicted octanol–water partition coefficient (Wildman–Crippen LogP) is 4.44. The van der Waals surface area contributed by atoms with E-state index in [1.165, 1.54) is 27.8 Å². The minimum absolute atomic E-state index is 0.212. The molecule has 0 fully saturated rings. The molecule has 4 heterocycles.